The molecule has 1 aliphatic heterocycles. The first-order chi connectivity index (χ1) is 12.9. The summed E-state index contributed by atoms with van der Waals surface area (Å²) < 4.78 is 31.3. The lowest BCUT2D eigenvalue weighted by Gasteiger charge is -2.26. The number of benzene rings is 1. The molecule has 9 heteroatoms. The second kappa shape index (κ2) is 9.33. The second-order valence-electron chi connectivity index (χ2n) is 5.91. The molecule has 0 atom stereocenters. The van der Waals surface area contributed by atoms with Crippen LogP contribution in [0.3, 0.4) is 0 Å². The zero-order chi connectivity index (χ0) is 19.9. The number of hydrogen-bond acceptors (Lipinski definition) is 9. The number of hydrogen-bond donors (Lipinski definition) is 0. The molecule has 0 N–H and O–H groups in total. The van der Waals surface area contributed by atoms with Crippen LogP contribution in [0.25, 0.3) is 0 Å². The molecule has 0 fully saturated rings. The van der Waals surface area contributed by atoms with E-state index in [1.807, 2.05) is 0 Å². The molecule has 0 saturated carbocycles. The third-order valence-electron chi connectivity index (χ3n) is 3.59. The zero-order valence-corrected chi connectivity index (χ0v) is 15.4. The standard InChI is InChI=1S/C18H22O9/c1-12(19)6-13-4-5-14-15(7-13)27-18(26-14,10-24-8-16(20)22-2)11-25-9-17(21)23-3/h4-5,7H,6,8-11H2,1-3H3. The third-order valence-corrected chi connectivity index (χ3v) is 3.59. The van der Waals surface area contributed by atoms with Crippen molar-refractivity contribution in [3.63, 3.8) is 0 Å². The molecule has 1 aliphatic rings. The van der Waals surface area contributed by atoms with Crippen molar-refractivity contribution < 1.29 is 42.8 Å². The third kappa shape index (κ3) is 5.93. The van der Waals surface area contributed by atoms with Crippen LogP contribution >= 0.6 is 0 Å². The number of carbonyl (C=O) groups is 3. The maximum Gasteiger partial charge on any atom is 0.331 e. The Hall–Kier alpha value is -2.65. The predicted molar refractivity (Wildman–Crippen MR) is 90.5 cm³/mol. The van der Waals surface area contributed by atoms with Crippen molar-refractivity contribution in [2.24, 2.45) is 0 Å². The summed E-state index contributed by atoms with van der Waals surface area (Å²) in [6.45, 7) is 0.595. The van der Waals surface area contributed by atoms with E-state index in [-0.39, 0.29) is 38.6 Å². The maximum atomic E-state index is 11.3. The van der Waals surface area contributed by atoms with Gasteiger partial charge in [-0.25, -0.2) is 9.59 Å². The van der Waals surface area contributed by atoms with E-state index in [0.717, 1.165) is 5.56 Å². The normalized spacial score (nSPS) is 13.9. The van der Waals surface area contributed by atoms with Crippen LogP contribution in [0.4, 0.5) is 0 Å². The lowest BCUT2D eigenvalue weighted by molar-refractivity contribution is -0.181. The van der Waals surface area contributed by atoms with Crippen molar-refractivity contribution in [1.82, 2.24) is 0 Å². The van der Waals surface area contributed by atoms with Crippen LogP contribution in [0.15, 0.2) is 18.2 Å². The van der Waals surface area contributed by atoms with Gasteiger partial charge in [0.25, 0.3) is 5.79 Å². The summed E-state index contributed by atoms with van der Waals surface area (Å²) in [5.41, 5.74) is 0.770. The van der Waals surface area contributed by atoms with E-state index in [0.29, 0.717) is 11.5 Å². The predicted octanol–water partition coefficient (Wildman–Crippen LogP) is 0.665. The monoisotopic (exact) mass is 382 g/mol. The fourth-order valence-corrected chi connectivity index (χ4v) is 2.39. The molecular formula is C18H22O9. The SMILES string of the molecule is COC(=O)COCC1(COCC(=O)OC)Oc2ccc(CC(C)=O)cc2O1. The molecule has 148 valence electrons. The van der Waals surface area contributed by atoms with Crippen molar-refractivity contribution in [2.75, 3.05) is 40.6 Å². The van der Waals surface area contributed by atoms with Gasteiger partial charge < -0.3 is 28.4 Å². The molecule has 0 radical (unpaired) electrons. The minimum Gasteiger partial charge on any atom is -0.467 e. The first-order valence-electron chi connectivity index (χ1n) is 8.17. The van der Waals surface area contributed by atoms with Gasteiger partial charge in [-0.3, -0.25) is 4.79 Å². The van der Waals surface area contributed by atoms with Crippen molar-refractivity contribution in [2.45, 2.75) is 19.1 Å². The van der Waals surface area contributed by atoms with E-state index in [9.17, 15) is 14.4 Å². The minimum atomic E-state index is -1.39. The Morgan fingerprint density at radius 3 is 2.00 bits per heavy atom. The number of carbonyl (C=O) groups excluding carboxylic acids is 3. The van der Waals surface area contributed by atoms with E-state index < -0.39 is 17.7 Å². The van der Waals surface area contributed by atoms with Crippen LogP contribution in [-0.2, 0) is 39.8 Å². The number of Topliss-reactive ketones (excluding diaryl/α,β-unsaturated/α-hetero) is 1. The number of fused-ring (bicyclic) bond motifs is 1. The van der Waals surface area contributed by atoms with E-state index in [1.165, 1.54) is 21.1 Å². The van der Waals surface area contributed by atoms with Crippen molar-refractivity contribution >= 4 is 17.7 Å². The molecule has 0 unspecified atom stereocenters. The van der Waals surface area contributed by atoms with Gasteiger partial charge in [0.05, 0.1) is 14.2 Å². The summed E-state index contributed by atoms with van der Waals surface area (Å²) in [6.07, 6.45) is 0.265. The fourth-order valence-electron chi connectivity index (χ4n) is 2.39. The topological polar surface area (TPSA) is 107 Å². The highest BCUT2D eigenvalue weighted by Crippen LogP contribution is 2.40. The second-order valence-corrected chi connectivity index (χ2v) is 5.91. The highest BCUT2D eigenvalue weighted by molar-refractivity contribution is 5.78. The number of methoxy groups -OCH3 is 2. The zero-order valence-electron chi connectivity index (χ0n) is 15.4. The van der Waals surface area contributed by atoms with Gasteiger partial charge in [0.1, 0.15) is 32.2 Å². The molecule has 2 rings (SSSR count). The highest BCUT2D eigenvalue weighted by Gasteiger charge is 2.43. The first-order valence-corrected chi connectivity index (χ1v) is 8.17. The van der Waals surface area contributed by atoms with Crippen LogP contribution < -0.4 is 9.47 Å². The number of esters is 2. The van der Waals surface area contributed by atoms with Gasteiger partial charge in [-0.15, -0.1) is 0 Å². The lowest BCUT2D eigenvalue weighted by Crippen LogP contribution is -2.48. The molecular weight excluding hydrogens is 360 g/mol. The molecule has 0 spiro atoms. The van der Waals surface area contributed by atoms with Crippen LogP contribution in [0.2, 0.25) is 0 Å². The molecule has 1 aromatic carbocycles. The van der Waals surface area contributed by atoms with Crippen LogP contribution in [0.5, 0.6) is 11.5 Å². The average Bonchev–Trinajstić information content (AvgIpc) is 2.98. The van der Waals surface area contributed by atoms with Crippen LogP contribution in [-0.4, -0.2) is 64.2 Å². The Bertz CT molecular complexity index is 676. The highest BCUT2D eigenvalue weighted by atomic mass is 16.8. The Morgan fingerprint density at radius 2 is 1.48 bits per heavy atom. The number of ketones is 1. The quantitative estimate of drug-likeness (QED) is 0.540. The Kier molecular flexibility index (Phi) is 7.14. The van der Waals surface area contributed by atoms with Gasteiger partial charge in [0.15, 0.2) is 11.5 Å². The minimum absolute atomic E-state index is 0.0166. The van der Waals surface area contributed by atoms with Gasteiger partial charge in [-0.2, -0.15) is 0 Å². The summed E-state index contributed by atoms with van der Waals surface area (Å²) >= 11 is 0. The maximum absolute atomic E-state index is 11.3. The molecule has 0 aromatic heterocycles. The Balaban J connectivity index is 2.08. The molecule has 0 amide bonds. The smallest absolute Gasteiger partial charge is 0.331 e. The van der Waals surface area contributed by atoms with Gasteiger partial charge in [0, 0.05) is 6.42 Å². The number of ether oxygens (including phenoxy) is 6. The molecule has 0 aliphatic carbocycles. The molecule has 0 saturated heterocycles. The van der Waals surface area contributed by atoms with Gasteiger partial charge >= 0.3 is 11.9 Å². The van der Waals surface area contributed by atoms with Gasteiger partial charge in [-0.05, 0) is 24.6 Å². The van der Waals surface area contributed by atoms with E-state index >= 15 is 0 Å². The summed E-state index contributed by atoms with van der Waals surface area (Å²) in [5, 5.41) is 0. The first kappa shape index (κ1) is 20.7. The van der Waals surface area contributed by atoms with Crippen LogP contribution in [0.1, 0.15) is 12.5 Å². The summed E-state index contributed by atoms with van der Waals surface area (Å²) in [4.78, 5) is 33.8. The van der Waals surface area contributed by atoms with E-state index in [1.54, 1.807) is 18.2 Å². The fraction of sp³-hybridized carbons (Fsp3) is 0.500. The number of rotatable bonds is 10. The molecule has 0 bridgehead atoms. The largest absolute Gasteiger partial charge is 0.467 e. The Morgan fingerprint density at radius 1 is 0.926 bits per heavy atom. The Labute approximate surface area is 156 Å². The molecule has 9 nitrogen and oxygen atoms in total. The van der Waals surface area contributed by atoms with Crippen molar-refractivity contribution in [3.8, 4) is 11.5 Å². The van der Waals surface area contributed by atoms with E-state index in [4.69, 9.17) is 18.9 Å². The summed E-state index contributed by atoms with van der Waals surface area (Å²) in [5.74, 6) is -1.63. The van der Waals surface area contributed by atoms with Crippen molar-refractivity contribution in [1.29, 1.82) is 0 Å². The average molecular weight is 382 g/mol. The summed E-state index contributed by atoms with van der Waals surface area (Å²) in [6, 6.07) is 5.12. The molecule has 1 heterocycles. The van der Waals surface area contributed by atoms with Gasteiger partial charge in [0.2, 0.25) is 0 Å². The lowest BCUT2D eigenvalue weighted by atomic mass is 10.1. The van der Waals surface area contributed by atoms with Gasteiger partial charge in [-0.1, -0.05) is 6.07 Å². The van der Waals surface area contributed by atoms with E-state index in [2.05, 4.69) is 9.47 Å². The molecule has 27 heavy (non-hydrogen) atoms. The summed E-state index contributed by atoms with van der Waals surface area (Å²) in [7, 11) is 2.49. The van der Waals surface area contributed by atoms with Crippen molar-refractivity contribution in [3.05, 3.63) is 23.8 Å². The van der Waals surface area contributed by atoms with Crippen LogP contribution in [0, 0.1) is 0 Å². The molecule has 1 aromatic rings.